The Morgan fingerprint density at radius 2 is 2.14 bits per heavy atom. The van der Waals surface area contributed by atoms with E-state index in [1.165, 1.54) is 0 Å². The number of aliphatic hydroxyl groups is 1. The van der Waals surface area contributed by atoms with Crippen LogP contribution in [0.4, 0.5) is 0 Å². The fraction of sp³-hybridized carbons (Fsp3) is 0.889. The van der Waals surface area contributed by atoms with Gasteiger partial charge in [-0.25, -0.2) is 0 Å². The fourth-order valence-electron chi connectivity index (χ4n) is 0.836. The zero-order valence-electron chi connectivity index (χ0n) is 8.88. The molecule has 0 radical (unpaired) electrons. The summed E-state index contributed by atoms with van der Waals surface area (Å²) in [5.74, 6) is -0.457. The van der Waals surface area contributed by atoms with Crippen molar-refractivity contribution < 1.29 is 14.6 Å². The topological polar surface area (TPSA) is 84.6 Å². The molecule has 14 heavy (non-hydrogen) atoms. The molecule has 0 heterocycles. The minimum atomic E-state index is -0.638. The van der Waals surface area contributed by atoms with Gasteiger partial charge in [0.25, 0.3) is 0 Å². The van der Waals surface area contributed by atoms with Crippen molar-refractivity contribution in [2.75, 3.05) is 26.3 Å². The van der Waals surface area contributed by atoms with E-state index in [-0.39, 0.29) is 6.61 Å². The van der Waals surface area contributed by atoms with E-state index < -0.39 is 11.5 Å². The van der Waals surface area contributed by atoms with Crippen LogP contribution >= 0.6 is 0 Å². The predicted octanol–water partition coefficient (Wildman–Crippen LogP) is -0.761. The molecule has 0 aromatic rings. The zero-order chi connectivity index (χ0) is 11.0. The van der Waals surface area contributed by atoms with Gasteiger partial charge in [0.2, 0.25) is 5.91 Å². The molecule has 0 rings (SSSR count). The average Bonchev–Trinajstić information content (AvgIpc) is 2.00. The molecule has 0 aliphatic heterocycles. The van der Waals surface area contributed by atoms with E-state index in [4.69, 9.17) is 10.5 Å². The molecule has 0 saturated heterocycles. The van der Waals surface area contributed by atoms with Crippen molar-refractivity contribution in [2.24, 2.45) is 5.73 Å². The molecule has 0 aliphatic carbocycles. The van der Waals surface area contributed by atoms with Crippen LogP contribution < -0.4 is 11.1 Å². The van der Waals surface area contributed by atoms with Gasteiger partial charge in [-0.1, -0.05) is 0 Å². The van der Waals surface area contributed by atoms with Crippen molar-refractivity contribution in [1.29, 1.82) is 0 Å². The van der Waals surface area contributed by atoms with Gasteiger partial charge in [-0.3, -0.25) is 4.79 Å². The largest absolute Gasteiger partial charge is 0.390 e. The van der Waals surface area contributed by atoms with E-state index >= 15 is 0 Å². The summed E-state index contributed by atoms with van der Waals surface area (Å²) in [7, 11) is 0. The lowest BCUT2D eigenvalue weighted by Gasteiger charge is -2.16. The van der Waals surface area contributed by atoms with Gasteiger partial charge in [0, 0.05) is 6.54 Å². The molecule has 0 bridgehead atoms. The van der Waals surface area contributed by atoms with Gasteiger partial charge in [0.05, 0.1) is 12.2 Å². The molecule has 0 aliphatic rings. The van der Waals surface area contributed by atoms with Crippen LogP contribution in [0.1, 0.15) is 20.3 Å². The molecule has 0 spiro atoms. The van der Waals surface area contributed by atoms with Crippen molar-refractivity contribution in [3.05, 3.63) is 0 Å². The highest BCUT2D eigenvalue weighted by atomic mass is 16.5. The summed E-state index contributed by atoms with van der Waals surface area (Å²) in [6.07, 6.45) is 0.683. The number of rotatable bonds is 8. The molecule has 0 aromatic heterocycles. The fourth-order valence-corrected chi connectivity index (χ4v) is 0.836. The number of primary amides is 1. The molecular weight excluding hydrogens is 184 g/mol. The second kappa shape index (κ2) is 6.75. The third kappa shape index (κ3) is 11.4. The molecule has 0 aromatic carbocycles. The maximum Gasteiger partial charge on any atom is 0.243 e. The lowest BCUT2D eigenvalue weighted by molar-refractivity contribution is -0.122. The SMILES string of the molecule is CC(C)(O)CCNCCOCC(N)=O. The first-order valence-corrected chi connectivity index (χ1v) is 4.71. The third-order valence-electron chi connectivity index (χ3n) is 1.58. The summed E-state index contributed by atoms with van der Waals surface area (Å²) in [4.78, 5) is 10.3. The lowest BCUT2D eigenvalue weighted by atomic mass is 10.1. The molecule has 4 N–H and O–H groups in total. The Morgan fingerprint density at radius 1 is 1.50 bits per heavy atom. The summed E-state index contributed by atoms with van der Waals surface area (Å²) in [6.45, 7) is 5.32. The van der Waals surface area contributed by atoms with Crippen LogP contribution in [-0.4, -0.2) is 42.9 Å². The van der Waals surface area contributed by atoms with E-state index in [1.807, 2.05) is 0 Å². The third-order valence-corrected chi connectivity index (χ3v) is 1.58. The zero-order valence-corrected chi connectivity index (χ0v) is 8.88. The Labute approximate surface area is 84.6 Å². The quantitative estimate of drug-likeness (QED) is 0.454. The van der Waals surface area contributed by atoms with Gasteiger partial charge in [-0.15, -0.1) is 0 Å². The number of hydrogen-bond donors (Lipinski definition) is 3. The monoisotopic (exact) mass is 204 g/mol. The van der Waals surface area contributed by atoms with Crippen LogP contribution in [0.15, 0.2) is 0 Å². The Balaban J connectivity index is 3.11. The second-order valence-corrected chi connectivity index (χ2v) is 3.83. The first-order chi connectivity index (χ1) is 6.42. The van der Waals surface area contributed by atoms with Gasteiger partial charge in [0.15, 0.2) is 0 Å². The van der Waals surface area contributed by atoms with Gasteiger partial charge in [-0.2, -0.15) is 0 Å². The number of carbonyl (C=O) groups is 1. The molecule has 5 heteroatoms. The van der Waals surface area contributed by atoms with Crippen LogP contribution in [0.2, 0.25) is 0 Å². The maximum absolute atomic E-state index is 10.3. The number of amides is 1. The smallest absolute Gasteiger partial charge is 0.243 e. The predicted molar refractivity (Wildman–Crippen MR) is 53.8 cm³/mol. The van der Waals surface area contributed by atoms with Crippen LogP contribution in [0, 0.1) is 0 Å². The summed E-state index contributed by atoms with van der Waals surface area (Å²) in [5.41, 5.74) is 4.24. The van der Waals surface area contributed by atoms with Crippen molar-refractivity contribution >= 4 is 5.91 Å². The van der Waals surface area contributed by atoms with Crippen LogP contribution in [0.5, 0.6) is 0 Å². The summed E-state index contributed by atoms with van der Waals surface area (Å²) >= 11 is 0. The van der Waals surface area contributed by atoms with E-state index in [1.54, 1.807) is 13.8 Å². The molecule has 0 unspecified atom stereocenters. The molecule has 0 fully saturated rings. The highest BCUT2D eigenvalue weighted by Crippen LogP contribution is 2.04. The number of ether oxygens (including phenoxy) is 1. The molecule has 5 nitrogen and oxygen atoms in total. The van der Waals surface area contributed by atoms with Crippen molar-refractivity contribution in [1.82, 2.24) is 5.32 Å². The van der Waals surface area contributed by atoms with Crippen molar-refractivity contribution in [2.45, 2.75) is 25.9 Å². The molecule has 84 valence electrons. The summed E-state index contributed by atoms with van der Waals surface area (Å²) < 4.78 is 4.93. The first kappa shape index (κ1) is 13.4. The summed E-state index contributed by atoms with van der Waals surface area (Å²) in [6, 6.07) is 0. The van der Waals surface area contributed by atoms with Crippen LogP contribution in [0.25, 0.3) is 0 Å². The normalized spacial score (nSPS) is 11.6. The van der Waals surface area contributed by atoms with E-state index in [0.29, 0.717) is 19.6 Å². The standard InChI is InChI=1S/C9H20N2O3/c1-9(2,13)3-4-11-5-6-14-7-8(10)12/h11,13H,3-7H2,1-2H3,(H2,10,12). The highest BCUT2D eigenvalue weighted by Gasteiger charge is 2.10. The number of nitrogens with one attached hydrogen (secondary N) is 1. The maximum atomic E-state index is 10.3. The minimum absolute atomic E-state index is 0.0346. The number of hydrogen-bond acceptors (Lipinski definition) is 4. The summed E-state index contributed by atoms with van der Waals surface area (Å²) in [5, 5.41) is 12.4. The first-order valence-electron chi connectivity index (χ1n) is 4.71. The molecule has 1 amide bonds. The second-order valence-electron chi connectivity index (χ2n) is 3.83. The lowest BCUT2D eigenvalue weighted by Crippen LogP contribution is -2.29. The van der Waals surface area contributed by atoms with Crippen LogP contribution in [-0.2, 0) is 9.53 Å². The molecule has 0 saturated carbocycles. The van der Waals surface area contributed by atoms with E-state index in [0.717, 1.165) is 6.54 Å². The van der Waals surface area contributed by atoms with E-state index in [9.17, 15) is 9.90 Å². The molecular formula is C9H20N2O3. The van der Waals surface area contributed by atoms with Gasteiger partial charge in [0.1, 0.15) is 6.61 Å². The van der Waals surface area contributed by atoms with E-state index in [2.05, 4.69) is 5.32 Å². The molecule has 0 atom stereocenters. The Morgan fingerprint density at radius 3 is 2.64 bits per heavy atom. The minimum Gasteiger partial charge on any atom is -0.390 e. The van der Waals surface area contributed by atoms with Gasteiger partial charge in [-0.05, 0) is 26.8 Å². The van der Waals surface area contributed by atoms with Crippen molar-refractivity contribution in [3.63, 3.8) is 0 Å². The van der Waals surface area contributed by atoms with Gasteiger partial charge >= 0.3 is 0 Å². The van der Waals surface area contributed by atoms with Crippen LogP contribution in [0.3, 0.4) is 0 Å². The average molecular weight is 204 g/mol. The van der Waals surface area contributed by atoms with Crippen molar-refractivity contribution in [3.8, 4) is 0 Å². The van der Waals surface area contributed by atoms with Gasteiger partial charge < -0.3 is 20.9 Å². The Kier molecular flexibility index (Phi) is 6.44. The number of carbonyl (C=O) groups excluding carboxylic acids is 1. The Bertz CT molecular complexity index is 166. The Hall–Kier alpha value is -0.650. The highest BCUT2D eigenvalue weighted by molar-refractivity contribution is 5.74. The number of nitrogens with two attached hydrogens (primary N) is 1.